The summed E-state index contributed by atoms with van der Waals surface area (Å²) in [6.45, 7) is 2.91. The predicted octanol–water partition coefficient (Wildman–Crippen LogP) is 1.63. The Labute approximate surface area is 177 Å². The number of halogens is 1. The second-order valence-electron chi connectivity index (χ2n) is 6.92. The van der Waals surface area contributed by atoms with Crippen LogP contribution in [0, 0.1) is 5.82 Å². The van der Waals surface area contributed by atoms with Gasteiger partial charge >= 0.3 is 5.97 Å². The average molecular weight is 429 g/mol. The summed E-state index contributed by atoms with van der Waals surface area (Å²) in [4.78, 5) is 40.2. The first-order valence-electron chi connectivity index (χ1n) is 10.1. The van der Waals surface area contributed by atoms with Gasteiger partial charge in [-0.05, 0) is 31.0 Å². The number of carbonyl (C=O) groups excluding carboxylic acids is 2. The first kappa shape index (κ1) is 22.1. The van der Waals surface area contributed by atoms with Gasteiger partial charge in [0, 0.05) is 19.4 Å². The van der Waals surface area contributed by atoms with Gasteiger partial charge in [0.05, 0.1) is 25.9 Å². The normalized spacial score (nSPS) is 10.9. The molecule has 9 nitrogen and oxygen atoms in total. The fourth-order valence-electron chi connectivity index (χ4n) is 3.12. The minimum Gasteiger partial charge on any atom is -0.466 e. The van der Waals surface area contributed by atoms with E-state index in [1.54, 1.807) is 23.7 Å². The lowest BCUT2D eigenvalue weighted by molar-refractivity contribution is -0.143. The molecule has 1 N–H and O–H groups in total. The van der Waals surface area contributed by atoms with Gasteiger partial charge in [0.2, 0.25) is 5.91 Å². The van der Waals surface area contributed by atoms with Crippen molar-refractivity contribution in [2.24, 2.45) is 0 Å². The highest BCUT2D eigenvalue weighted by Gasteiger charge is 2.11. The van der Waals surface area contributed by atoms with Gasteiger partial charge in [0.15, 0.2) is 5.65 Å². The lowest BCUT2D eigenvalue weighted by Crippen LogP contribution is -2.27. The Morgan fingerprint density at radius 2 is 2.10 bits per heavy atom. The van der Waals surface area contributed by atoms with Crippen molar-refractivity contribution in [1.82, 2.24) is 24.6 Å². The fraction of sp³-hybridized carbons (Fsp3) is 0.381. The average Bonchev–Trinajstić information content (AvgIpc) is 3.14. The molecule has 10 heteroatoms. The highest BCUT2D eigenvalue weighted by atomic mass is 19.1. The molecule has 0 unspecified atom stereocenters. The first-order valence-corrected chi connectivity index (χ1v) is 10.1. The summed E-state index contributed by atoms with van der Waals surface area (Å²) in [7, 11) is 0. The number of ether oxygens (including phenoxy) is 1. The van der Waals surface area contributed by atoms with Crippen LogP contribution in [0.1, 0.15) is 31.7 Å². The molecule has 0 fully saturated rings. The van der Waals surface area contributed by atoms with E-state index in [1.165, 1.54) is 29.2 Å². The van der Waals surface area contributed by atoms with Gasteiger partial charge in [-0.2, -0.15) is 5.10 Å². The van der Waals surface area contributed by atoms with Crippen LogP contribution in [0.3, 0.4) is 0 Å². The molecule has 3 rings (SSSR count). The number of amides is 1. The third-order valence-electron chi connectivity index (χ3n) is 4.60. The third-order valence-corrected chi connectivity index (χ3v) is 4.60. The predicted molar refractivity (Wildman–Crippen MR) is 111 cm³/mol. The molecule has 0 saturated heterocycles. The van der Waals surface area contributed by atoms with Gasteiger partial charge in [0.1, 0.15) is 17.5 Å². The van der Waals surface area contributed by atoms with Crippen molar-refractivity contribution in [3.8, 4) is 0 Å². The zero-order valence-corrected chi connectivity index (χ0v) is 17.2. The molecule has 3 aromatic rings. The molecule has 0 atom stereocenters. The van der Waals surface area contributed by atoms with E-state index in [2.05, 4.69) is 15.4 Å². The Balaban J connectivity index is 1.55. The maximum atomic E-state index is 13.4. The number of hydrogen-bond acceptors (Lipinski definition) is 6. The SMILES string of the molecule is CCOC(=O)CCCC(=O)NCCn1ncc2c(=O)n(Cc3cccc(F)c3)cnc21. The number of carbonyl (C=O) groups is 2. The lowest BCUT2D eigenvalue weighted by atomic mass is 10.2. The largest absolute Gasteiger partial charge is 0.466 e. The van der Waals surface area contributed by atoms with Crippen molar-refractivity contribution in [2.75, 3.05) is 13.2 Å². The van der Waals surface area contributed by atoms with Crippen LogP contribution in [0.5, 0.6) is 0 Å². The second kappa shape index (κ2) is 10.5. The van der Waals surface area contributed by atoms with E-state index in [-0.39, 0.29) is 42.6 Å². The Bertz CT molecular complexity index is 1120. The molecule has 164 valence electrons. The van der Waals surface area contributed by atoms with Crippen molar-refractivity contribution in [3.05, 3.63) is 58.5 Å². The van der Waals surface area contributed by atoms with Gasteiger partial charge in [-0.25, -0.2) is 14.1 Å². The van der Waals surface area contributed by atoms with E-state index < -0.39 is 0 Å². The van der Waals surface area contributed by atoms with E-state index in [9.17, 15) is 18.8 Å². The van der Waals surface area contributed by atoms with Crippen molar-refractivity contribution < 1.29 is 18.7 Å². The zero-order valence-electron chi connectivity index (χ0n) is 17.2. The maximum absolute atomic E-state index is 13.4. The molecule has 0 aliphatic carbocycles. The van der Waals surface area contributed by atoms with Crippen LogP contribution >= 0.6 is 0 Å². The highest BCUT2D eigenvalue weighted by molar-refractivity contribution is 5.77. The van der Waals surface area contributed by atoms with Crippen molar-refractivity contribution in [3.63, 3.8) is 0 Å². The summed E-state index contributed by atoms with van der Waals surface area (Å²) >= 11 is 0. The molecule has 0 aliphatic heterocycles. The molecule has 31 heavy (non-hydrogen) atoms. The molecule has 0 spiro atoms. The molecule has 0 saturated carbocycles. The molecule has 2 heterocycles. The third kappa shape index (κ3) is 5.97. The topological polar surface area (TPSA) is 108 Å². The Morgan fingerprint density at radius 3 is 2.87 bits per heavy atom. The number of nitrogens with one attached hydrogen (secondary N) is 1. The summed E-state index contributed by atoms with van der Waals surface area (Å²) < 4.78 is 21.1. The van der Waals surface area contributed by atoms with Crippen LogP contribution in [0.25, 0.3) is 11.0 Å². The zero-order chi connectivity index (χ0) is 22.2. The molecule has 0 bridgehead atoms. The standard InChI is InChI=1S/C21H24FN5O4/c1-2-31-19(29)8-4-7-18(28)23-9-10-27-20-17(12-25-27)21(30)26(14-24-20)13-15-5-3-6-16(22)11-15/h3,5-6,11-12,14H,2,4,7-10,13H2,1H3,(H,23,28). The van der Waals surface area contributed by atoms with Gasteiger partial charge < -0.3 is 10.1 Å². The van der Waals surface area contributed by atoms with Gasteiger partial charge in [-0.3, -0.25) is 19.0 Å². The first-order chi connectivity index (χ1) is 15.0. The fourth-order valence-corrected chi connectivity index (χ4v) is 3.12. The summed E-state index contributed by atoms with van der Waals surface area (Å²) in [5.41, 5.74) is 0.793. The number of hydrogen-bond donors (Lipinski definition) is 1. The van der Waals surface area contributed by atoms with E-state index in [0.29, 0.717) is 42.7 Å². The highest BCUT2D eigenvalue weighted by Crippen LogP contribution is 2.08. The quantitative estimate of drug-likeness (QED) is 0.491. The number of fused-ring (bicyclic) bond motifs is 1. The van der Waals surface area contributed by atoms with Crippen molar-refractivity contribution in [2.45, 2.75) is 39.3 Å². The number of esters is 1. The van der Waals surface area contributed by atoms with Crippen molar-refractivity contribution >= 4 is 22.9 Å². The minimum absolute atomic E-state index is 0.175. The van der Waals surface area contributed by atoms with E-state index >= 15 is 0 Å². The molecule has 2 aromatic heterocycles. The summed E-state index contributed by atoms with van der Waals surface area (Å²) in [6.07, 6.45) is 3.69. The van der Waals surface area contributed by atoms with Crippen LogP contribution in [0.2, 0.25) is 0 Å². The Hall–Kier alpha value is -3.56. The van der Waals surface area contributed by atoms with Crippen LogP contribution in [0.15, 0.2) is 41.6 Å². The van der Waals surface area contributed by atoms with Gasteiger partial charge in [-0.15, -0.1) is 0 Å². The summed E-state index contributed by atoms with van der Waals surface area (Å²) in [5.74, 6) is -0.853. The maximum Gasteiger partial charge on any atom is 0.305 e. The van der Waals surface area contributed by atoms with E-state index in [4.69, 9.17) is 4.74 Å². The number of rotatable bonds is 10. The smallest absolute Gasteiger partial charge is 0.305 e. The molecule has 1 aromatic carbocycles. The summed E-state index contributed by atoms with van der Waals surface area (Å²) in [5, 5.41) is 7.29. The van der Waals surface area contributed by atoms with Gasteiger partial charge in [-0.1, -0.05) is 12.1 Å². The second-order valence-corrected chi connectivity index (χ2v) is 6.92. The van der Waals surface area contributed by atoms with Gasteiger partial charge in [0.25, 0.3) is 5.56 Å². The Kier molecular flexibility index (Phi) is 7.47. The monoisotopic (exact) mass is 429 g/mol. The molecule has 0 aliphatic rings. The minimum atomic E-state index is -0.365. The Morgan fingerprint density at radius 1 is 1.26 bits per heavy atom. The molecule has 0 radical (unpaired) electrons. The van der Waals surface area contributed by atoms with Crippen molar-refractivity contribution in [1.29, 1.82) is 0 Å². The van der Waals surface area contributed by atoms with Crippen LogP contribution < -0.4 is 10.9 Å². The van der Waals surface area contributed by atoms with Crippen LogP contribution in [-0.4, -0.2) is 44.4 Å². The number of aromatic nitrogens is 4. The number of benzene rings is 1. The number of nitrogens with zero attached hydrogens (tertiary/aromatic N) is 4. The molecule has 1 amide bonds. The van der Waals surface area contributed by atoms with E-state index in [0.717, 1.165) is 0 Å². The van der Waals surface area contributed by atoms with Crippen LogP contribution in [0.4, 0.5) is 4.39 Å². The lowest BCUT2D eigenvalue weighted by Gasteiger charge is -2.08. The van der Waals surface area contributed by atoms with Crippen LogP contribution in [-0.2, 0) is 27.4 Å². The van der Waals surface area contributed by atoms with E-state index in [1.807, 2.05) is 0 Å². The summed E-state index contributed by atoms with van der Waals surface area (Å²) in [6, 6.07) is 6.04. The molecular formula is C21H24FN5O4. The molecular weight excluding hydrogens is 405 g/mol.